The smallest absolute Gasteiger partial charge is 0.229 e. The van der Waals surface area contributed by atoms with Crippen molar-refractivity contribution in [2.45, 2.75) is 32.1 Å². The number of carbonyl (C=O) groups excluding carboxylic acids is 1. The Bertz CT molecular complexity index is 456. The zero-order chi connectivity index (χ0) is 14.5. The fraction of sp³-hybridized carbons (Fsp3) is 0.562. The van der Waals surface area contributed by atoms with Crippen LogP contribution in [0.2, 0.25) is 0 Å². The molecule has 0 unspecified atom stereocenters. The number of para-hydroxylation sites is 1. The van der Waals surface area contributed by atoms with Crippen LogP contribution < -0.4 is 10.6 Å². The second-order valence-corrected chi connectivity index (χ2v) is 6.50. The maximum absolute atomic E-state index is 12.6. The van der Waals surface area contributed by atoms with Gasteiger partial charge in [-0.3, -0.25) is 4.79 Å². The van der Waals surface area contributed by atoms with Crippen LogP contribution in [0.15, 0.2) is 28.7 Å². The van der Waals surface area contributed by atoms with Gasteiger partial charge in [0.2, 0.25) is 5.91 Å². The number of nitrogens with two attached hydrogens (primary N) is 1. The third-order valence-electron chi connectivity index (χ3n) is 4.32. The molecule has 1 saturated carbocycles. The van der Waals surface area contributed by atoms with E-state index in [0.29, 0.717) is 0 Å². The lowest BCUT2D eigenvalue weighted by Gasteiger charge is -2.30. The number of carbonyl (C=O) groups is 1. The lowest BCUT2D eigenvalue weighted by molar-refractivity contribution is -0.123. The lowest BCUT2D eigenvalue weighted by atomic mass is 9.80. The molecule has 1 aromatic carbocycles. The number of anilines is 1. The normalized spacial score (nSPS) is 22.6. The molecule has 110 valence electrons. The number of hydrogen-bond donors (Lipinski definition) is 1. The highest BCUT2D eigenvalue weighted by Crippen LogP contribution is 2.33. The highest BCUT2D eigenvalue weighted by Gasteiger charge is 2.28. The first-order chi connectivity index (χ1) is 9.63. The molecule has 2 rings (SSSR count). The van der Waals surface area contributed by atoms with Crippen molar-refractivity contribution in [3.05, 3.63) is 28.7 Å². The Balaban J connectivity index is 1.97. The van der Waals surface area contributed by atoms with Crippen molar-refractivity contribution < 1.29 is 4.79 Å². The van der Waals surface area contributed by atoms with E-state index in [4.69, 9.17) is 5.73 Å². The summed E-state index contributed by atoms with van der Waals surface area (Å²) in [6, 6.07) is 7.87. The van der Waals surface area contributed by atoms with Crippen LogP contribution in [-0.2, 0) is 4.79 Å². The van der Waals surface area contributed by atoms with E-state index in [9.17, 15) is 4.79 Å². The van der Waals surface area contributed by atoms with Crippen LogP contribution in [0.5, 0.6) is 0 Å². The van der Waals surface area contributed by atoms with Gasteiger partial charge >= 0.3 is 0 Å². The molecule has 0 saturated heterocycles. The average molecular weight is 339 g/mol. The topological polar surface area (TPSA) is 46.3 Å². The predicted octanol–water partition coefficient (Wildman–Crippen LogP) is 3.57. The monoisotopic (exact) mass is 338 g/mol. The molecule has 0 aliphatic heterocycles. The highest BCUT2D eigenvalue weighted by atomic mass is 79.9. The van der Waals surface area contributed by atoms with Crippen LogP contribution in [0, 0.1) is 11.8 Å². The summed E-state index contributed by atoms with van der Waals surface area (Å²) in [4.78, 5) is 14.4. The Kier molecular flexibility index (Phi) is 5.61. The van der Waals surface area contributed by atoms with Crippen molar-refractivity contribution in [3.8, 4) is 0 Å². The predicted molar refractivity (Wildman–Crippen MR) is 86.7 cm³/mol. The Morgan fingerprint density at radius 2 is 1.95 bits per heavy atom. The van der Waals surface area contributed by atoms with Crippen LogP contribution in [-0.4, -0.2) is 19.5 Å². The van der Waals surface area contributed by atoms with Gasteiger partial charge < -0.3 is 10.6 Å². The Hall–Kier alpha value is -0.870. The van der Waals surface area contributed by atoms with E-state index in [0.717, 1.165) is 54.7 Å². The van der Waals surface area contributed by atoms with Gasteiger partial charge in [0.05, 0.1) is 5.69 Å². The minimum absolute atomic E-state index is 0.168. The molecule has 1 fully saturated rings. The second-order valence-electron chi connectivity index (χ2n) is 5.64. The summed E-state index contributed by atoms with van der Waals surface area (Å²) in [5, 5.41) is 0. The Morgan fingerprint density at radius 1 is 1.30 bits per heavy atom. The number of rotatable bonds is 4. The summed E-state index contributed by atoms with van der Waals surface area (Å²) in [5.74, 6) is 1.13. The Morgan fingerprint density at radius 3 is 2.55 bits per heavy atom. The van der Waals surface area contributed by atoms with E-state index >= 15 is 0 Å². The van der Waals surface area contributed by atoms with Gasteiger partial charge in [0, 0.05) is 17.4 Å². The maximum atomic E-state index is 12.6. The molecule has 1 aromatic rings. The molecule has 3 nitrogen and oxygen atoms in total. The van der Waals surface area contributed by atoms with Crippen LogP contribution >= 0.6 is 15.9 Å². The molecule has 2 N–H and O–H groups in total. The van der Waals surface area contributed by atoms with Crippen molar-refractivity contribution in [3.63, 3.8) is 0 Å². The van der Waals surface area contributed by atoms with Gasteiger partial charge in [-0.2, -0.15) is 0 Å². The van der Waals surface area contributed by atoms with Crippen molar-refractivity contribution in [2.75, 3.05) is 18.5 Å². The molecule has 0 bridgehead atoms. The zero-order valence-corrected chi connectivity index (χ0v) is 13.6. The SMILES string of the molecule is CN(C(=O)C1CCC(CCN)CC1)c1ccccc1Br. The van der Waals surface area contributed by atoms with E-state index in [1.807, 2.05) is 31.3 Å². The van der Waals surface area contributed by atoms with Gasteiger partial charge in [-0.15, -0.1) is 0 Å². The molecule has 0 spiro atoms. The van der Waals surface area contributed by atoms with Gasteiger partial charge in [0.15, 0.2) is 0 Å². The van der Waals surface area contributed by atoms with Crippen LogP contribution in [0.3, 0.4) is 0 Å². The third kappa shape index (κ3) is 3.61. The number of amides is 1. The van der Waals surface area contributed by atoms with Crippen molar-refractivity contribution in [1.29, 1.82) is 0 Å². The van der Waals surface area contributed by atoms with Crippen molar-refractivity contribution >= 4 is 27.5 Å². The average Bonchev–Trinajstić information content (AvgIpc) is 2.47. The highest BCUT2D eigenvalue weighted by molar-refractivity contribution is 9.10. The van der Waals surface area contributed by atoms with Crippen LogP contribution in [0.25, 0.3) is 0 Å². The molecule has 1 amide bonds. The summed E-state index contributed by atoms with van der Waals surface area (Å²) in [6.45, 7) is 0.764. The van der Waals surface area contributed by atoms with Gasteiger partial charge in [-0.05, 0) is 72.6 Å². The van der Waals surface area contributed by atoms with Gasteiger partial charge in [0.25, 0.3) is 0 Å². The summed E-state index contributed by atoms with van der Waals surface area (Å²) < 4.78 is 0.965. The summed E-state index contributed by atoms with van der Waals surface area (Å²) in [5.41, 5.74) is 6.56. The Labute approximate surface area is 129 Å². The number of benzene rings is 1. The fourth-order valence-corrected chi connectivity index (χ4v) is 3.60. The van der Waals surface area contributed by atoms with Crippen molar-refractivity contribution in [1.82, 2.24) is 0 Å². The molecule has 1 aliphatic carbocycles. The number of halogens is 1. The first-order valence-electron chi connectivity index (χ1n) is 7.35. The van der Waals surface area contributed by atoms with Gasteiger partial charge in [0.1, 0.15) is 0 Å². The van der Waals surface area contributed by atoms with E-state index in [1.165, 1.54) is 0 Å². The quantitative estimate of drug-likeness (QED) is 0.912. The molecular formula is C16H23BrN2O. The van der Waals surface area contributed by atoms with E-state index in [2.05, 4.69) is 15.9 Å². The zero-order valence-electron chi connectivity index (χ0n) is 12.0. The third-order valence-corrected chi connectivity index (χ3v) is 4.99. The van der Waals surface area contributed by atoms with Gasteiger partial charge in [-0.1, -0.05) is 12.1 Å². The lowest BCUT2D eigenvalue weighted by Crippen LogP contribution is -2.35. The van der Waals surface area contributed by atoms with Crippen molar-refractivity contribution in [2.24, 2.45) is 17.6 Å². The minimum Gasteiger partial charge on any atom is -0.330 e. The molecule has 1 aliphatic rings. The fourth-order valence-electron chi connectivity index (χ4n) is 3.05. The molecule has 0 aromatic heterocycles. The summed E-state index contributed by atoms with van der Waals surface area (Å²) in [7, 11) is 1.87. The van der Waals surface area contributed by atoms with Crippen LogP contribution in [0.4, 0.5) is 5.69 Å². The number of nitrogens with zero attached hydrogens (tertiary/aromatic N) is 1. The van der Waals surface area contributed by atoms with E-state index in [-0.39, 0.29) is 11.8 Å². The summed E-state index contributed by atoms with van der Waals surface area (Å²) >= 11 is 3.51. The molecule has 0 heterocycles. The first-order valence-corrected chi connectivity index (χ1v) is 8.15. The maximum Gasteiger partial charge on any atom is 0.229 e. The second kappa shape index (κ2) is 7.23. The van der Waals surface area contributed by atoms with E-state index < -0.39 is 0 Å². The molecular weight excluding hydrogens is 316 g/mol. The molecule has 20 heavy (non-hydrogen) atoms. The first kappa shape index (κ1) is 15.5. The standard InChI is InChI=1S/C16H23BrN2O/c1-19(15-5-3-2-4-14(15)17)16(20)13-8-6-12(7-9-13)10-11-18/h2-5,12-13H,6-11,18H2,1H3. The molecule has 4 heteroatoms. The van der Waals surface area contributed by atoms with Gasteiger partial charge in [-0.25, -0.2) is 0 Å². The largest absolute Gasteiger partial charge is 0.330 e. The van der Waals surface area contributed by atoms with E-state index in [1.54, 1.807) is 4.90 Å². The van der Waals surface area contributed by atoms with Crippen LogP contribution in [0.1, 0.15) is 32.1 Å². The molecule has 0 radical (unpaired) electrons. The summed E-state index contributed by atoms with van der Waals surface area (Å²) in [6.07, 6.45) is 5.37. The minimum atomic E-state index is 0.168. The number of hydrogen-bond acceptors (Lipinski definition) is 2. The molecule has 0 atom stereocenters.